The van der Waals surface area contributed by atoms with E-state index in [0.29, 0.717) is 17.3 Å². The Kier molecular flexibility index (Phi) is 5.90. The highest BCUT2D eigenvalue weighted by molar-refractivity contribution is 5.31. The van der Waals surface area contributed by atoms with Gasteiger partial charge in [0.25, 0.3) is 0 Å². The molecule has 1 rings (SSSR count). The minimum atomic E-state index is -0.137. The first-order valence-electron chi connectivity index (χ1n) is 8.34. The lowest BCUT2D eigenvalue weighted by molar-refractivity contribution is 0.131. The summed E-state index contributed by atoms with van der Waals surface area (Å²) in [5.41, 5.74) is 1.63. The van der Waals surface area contributed by atoms with Gasteiger partial charge in [0, 0.05) is 0 Å². The Labute approximate surface area is 132 Å². The van der Waals surface area contributed by atoms with E-state index in [1.165, 1.54) is 18.4 Å². The average molecular weight is 290 g/mol. The highest BCUT2D eigenvalue weighted by Crippen LogP contribution is 2.42. The van der Waals surface area contributed by atoms with E-state index in [1.807, 2.05) is 0 Å². The molecule has 0 aliphatic heterocycles. The summed E-state index contributed by atoms with van der Waals surface area (Å²) in [6.45, 7) is 18.0. The number of benzene rings is 1. The van der Waals surface area contributed by atoms with Crippen LogP contribution in [0.5, 0.6) is 5.75 Å². The minimum absolute atomic E-state index is 0.137. The third-order valence-corrected chi connectivity index (χ3v) is 4.27. The summed E-state index contributed by atoms with van der Waals surface area (Å²) in [7, 11) is 0. The summed E-state index contributed by atoms with van der Waals surface area (Å²) in [5.74, 6) is 2.28. The summed E-state index contributed by atoms with van der Waals surface area (Å²) in [6.07, 6.45) is 2.44. The van der Waals surface area contributed by atoms with Gasteiger partial charge in [0.1, 0.15) is 11.4 Å². The zero-order chi connectivity index (χ0) is 16.3. The molecule has 1 aromatic rings. The van der Waals surface area contributed by atoms with Gasteiger partial charge in [0.15, 0.2) is 0 Å². The van der Waals surface area contributed by atoms with Crippen molar-refractivity contribution in [2.45, 2.75) is 79.8 Å². The lowest BCUT2D eigenvalue weighted by atomic mass is 9.70. The molecule has 1 atom stereocenters. The van der Waals surface area contributed by atoms with Gasteiger partial charge in [-0.2, -0.15) is 0 Å². The Bertz CT molecular complexity index is 420. The molecule has 0 heterocycles. The molecule has 0 N–H and O–H groups in total. The molecule has 0 spiro atoms. The number of hydrogen-bond donors (Lipinski definition) is 0. The molecule has 1 unspecified atom stereocenters. The van der Waals surface area contributed by atoms with Crippen LogP contribution in [0.15, 0.2) is 24.3 Å². The zero-order valence-electron chi connectivity index (χ0n) is 15.3. The van der Waals surface area contributed by atoms with Crippen LogP contribution < -0.4 is 4.74 Å². The Morgan fingerprint density at radius 1 is 0.952 bits per heavy atom. The highest BCUT2D eigenvalue weighted by Gasteiger charge is 2.29. The Balaban J connectivity index is 2.99. The molecule has 1 aromatic carbocycles. The quantitative estimate of drug-likeness (QED) is 0.586. The highest BCUT2D eigenvalue weighted by atomic mass is 16.5. The summed E-state index contributed by atoms with van der Waals surface area (Å²) < 4.78 is 5.93. The van der Waals surface area contributed by atoms with Gasteiger partial charge in [-0.25, -0.2) is 0 Å². The summed E-state index contributed by atoms with van der Waals surface area (Å²) in [4.78, 5) is 0. The van der Waals surface area contributed by atoms with Gasteiger partial charge in [-0.15, -0.1) is 0 Å². The van der Waals surface area contributed by atoms with Crippen LogP contribution in [0.25, 0.3) is 0 Å². The van der Waals surface area contributed by atoms with Crippen molar-refractivity contribution in [2.75, 3.05) is 0 Å². The molecule has 120 valence electrons. The standard InChI is InChI=1S/C20H34O/c1-9-20(7,8)18(14-15(2)3)16-10-12-17(13-11-16)21-19(4,5)6/h10-13,15,18H,9,14H2,1-8H3. The first-order chi connectivity index (χ1) is 9.55. The van der Waals surface area contributed by atoms with Crippen molar-refractivity contribution >= 4 is 0 Å². The van der Waals surface area contributed by atoms with E-state index in [0.717, 1.165) is 5.75 Å². The van der Waals surface area contributed by atoms with Crippen LogP contribution in [-0.2, 0) is 0 Å². The van der Waals surface area contributed by atoms with Crippen molar-refractivity contribution in [1.82, 2.24) is 0 Å². The van der Waals surface area contributed by atoms with Gasteiger partial charge in [0.05, 0.1) is 0 Å². The topological polar surface area (TPSA) is 9.23 Å². The molecule has 0 radical (unpaired) electrons. The lowest BCUT2D eigenvalue weighted by Crippen LogP contribution is -2.24. The van der Waals surface area contributed by atoms with E-state index >= 15 is 0 Å². The second-order valence-corrected chi connectivity index (χ2v) is 8.31. The number of rotatable bonds is 6. The van der Waals surface area contributed by atoms with Gasteiger partial charge < -0.3 is 4.74 Å². The van der Waals surface area contributed by atoms with Crippen LogP contribution >= 0.6 is 0 Å². The van der Waals surface area contributed by atoms with E-state index in [4.69, 9.17) is 4.74 Å². The lowest BCUT2D eigenvalue weighted by Gasteiger charge is -2.35. The SMILES string of the molecule is CCC(C)(C)C(CC(C)C)c1ccc(OC(C)(C)C)cc1. The summed E-state index contributed by atoms with van der Waals surface area (Å²) in [6, 6.07) is 8.76. The second-order valence-electron chi connectivity index (χ2n) is 8.31. The largest absolute Gasteiger partial charge is 0.488 e. The van der Waals surface area contributed by atoms with Gasteiger partial charge in [0.2, 0.25) is 0 Å². The molecule has 0 fully saturated rings. The predicted molar refractivity (Wildman–Crippen MR) is 93.1 cm³/mol. The third kappa shape index (κ3) is 5.73. The van der Waals surface area contributed by atoms with Crippen molar-refractivity contribution in [3.05, 3.63) is 29.8 Å². The number of hydrogen-bond acceptors (Lipinski definition) is 1. The molecule has 0 bridgehead atoms. The maximum absolute atomic E-state index is 5.93. The van der Waals surface area contributed by atoms with Crippen LogP contribution in [0.1, 0.15) is 79.7 Å². The molecular formula is C20H34O. The normalized spacial score (nSPS) is 14.3. The summed E-state index contributed by atoms with van der Waals surface area (Å²) >= 11 is 0. The van der Waals surface area contributed by atoms with Gasteiger partial charge in [-0.3, -0.25) is 0 Å². The van der Waals surface area contributed by atoms with Crippen molar-refractivity contribution in [1.29, 1.82) is 0 Å². The molecule has 0 amide bonds. The molecular weight excluding hydrogens is 256 g/mol. The molecule has 0 saturated heterocycles. The fourth-order valence-corrected chi connectivity index (χ4v) is 2.75. The van der Waals surface area contributed by atoms with Crippen LogP contribution in [-0.4, -0.2) is 5.60 Å². The fourth-order valence-electron chi connectivity index (χ4n) is 2.75. The monoisotopic (exact) mass is 290 g/mol. The van der Waals surface area contributed by atoms with Gasteiger partial charge in [-0.05, 0) is 62.1 Å². The maximum atomic E-state index is 5.93. The molecule has 0 aliphatic rings. The average Bonchev–Trinajstić information content (AvgIpc) is 2.35. The van der Waals surface area contributed by atoms with Crippen molar-refractivity contribution < 1.29 is 4.74 Å². The third-order valence-electron chi connectivity index (χ3n) is 4.27. The molecule has 0 aliphatic carbocycles. The molecule has 1 heteroatoms. The van der Waals surface area contributed by atoms with Crippen molar-refractivity contribution in [3.63, 3.8) is 0 Å². The van der Waals surface area contributed by atoms with Crippen molar-refractivity contribution in [3.8, 4) is 5.75 Å². The summed E-state index contributed by atoms with van der Waals surface area (Å²) in [5, 5.41) is 0. The van der Waals surface area contributed by atoms with E-state index in [2.05, 4.69) is 79.7 Å². The van der Waals surface area contributed by atoms with Crippen LogP contribution in [0.4, 0.5) is 0 Å². The van der Waals surface area contributed by atoms with Crippen LogP contribution in [0, 0.1) is 11.3 Å². The minimum Gasteiger partial charge on any atom is -0.488 e. The maximum Gasteiger partial charge on any atom is 0.120 e. The first kappa shape index (κ1) is 18.1. The van der Waals surface area contributed by atoms with E-state index < -0.39 is 0 Å². The smallest absolute Gasteiger partial charge is 0.120 e. The Morgan fingerprint density at radius 2 is 1.48 bits per heavy atom. The fraction of sp³-hybridized carbons (Fsp3) is 0.700. The van der Waals surface area contributed by atoms with E-state index in [9.17, 15) is 0 Å². The van der Waals surface area contributed by atoms with Crippen LogP contribution in [0.3, 0.4) is 0 Å². The van der Waals surface area contributed by atoms with Crippen LogP contribution in [0.2, 0.25) is 0 Å². The first-order valence-corrected chi connectivity index (χ1v) is 8.34. The molecule has 21 heavy (non-hydrogen) atoms. The predicted octanol–water partition coefficient (Wildman–Crippen LogP) is 6.43. The van der Waals surface area contributed by atoms with Gasteiger partial charge in [-0.1, -0.05) is 53.2 Å². The Morgan fingerprint density at radius 3 is 1.86 bits per heavy atom. The van der Waals surface area contributed by atoms with Gasteiger partial charge >= 0.3 is 0 Å². The Hall–Kier alpha value is -0.980. The van der Waals surface area contributed by atoms with E-state index in [1.54, 1.807) is 0 Å². The number of ether oxygens (including phenoxy) is 1. The van der Waals surface area contributed by atoms with E-state index in [-0.39, 0.29) is 5.60 Å². The zero-order valence-corrected chi connectivity index (χ0v) is 15.3. The molecule has 0 aromatic heterocycles. The molecule has 1 nitrogen and oxygen atoms in total. The second kappa shape index (κ2) is 6.85. The molecule has 0 saturated carbocycles. The van der Waals surface area contributed by atoms with Crippen molar-refractivity contribution in [2.24, 2.45) is 11.3 Å².